The van der Waals surface area contributed by atoms with Crippen molar-refractivity contribution >= 4 is 43.5 Å². The third-order valence-electron chi connectivity index (χ3n) is 15.3. The number of aryl methyl sites for hydroxylation is 2. The molecule has 4 aliphatic carbocycles. The molecule has 0 N–H and O–H groups in total. The van der Waals surface area contributed by atoms with Gasteiger partial charge in [0.1, 0.15) is 11.2 Å². The second-order valence-corrected chi connectivity index (χ2v) is 18.3. The van der Waals surface area contributed by atoms with E-state index < -0.39 is 22.1 Å². The van der Waals surface area contributed by atoms with Crippen LogP contribution in [0.25, 0.3) is 88.0 Å². The van der Waals surface area contributed by atoms with Crippen molar-refractivity contribution in [1.82, 2.24) is 0 Å². The Labute approximate surface area is 366 Å². The van der Waals surface area contributed by atoms with E-state index in [0.29, 0.717) is 32.7 Å². The predicted octanol–water partition coefficient (Wildman–Crippen LogP) is 13.5. The predicted molar refractivity (Wildman–Crippen MR) is 256 cm³/mol. The van der Waals surface area contributed by atoms with Gasteiger partial charge in [-0.25, -0.2) is 9.59 Å². The first-order valence-corrected chi connectivity index (χ1v) is 22.0. The van der Waals surface area contributed by atoms with Crippen LogP contribution in [0.3, 0.4) is 0 Å². The van der Waals surface area contributed by atoms with Gasteiger partial charge in [0.15, 0.2) is 0 Å². The first-order valence-electron chi connectivity index (χ1n) is 22.0. The number of hydrogen-bond donors (Lipinski definition) is 0. The molecule has 15 rings (SSSR count). The van der Waals surface area contributed by atoms with E-state index in [2.05, 4.69) is 159 Å². The minimum atomic E-state index is -0.587. The van der Waals surface area contributed by atoms with Crippen molar-refractivity contribution in [3.05, 3.63) is 246 Å². The zero-order valence-corrected chi connectivity index (χ0v) is 34.8. The smallest absolute Gasteiger partial charge is 0.344 e. The maximum atomic E-state index is 14.4. The normalized spacial score (nSPS) is 14.8. The minimum absolute atomic E-state index is 0.421. The highest BCUT2D eigenvalue weighted by molar-refractivity contribution is 6.17. The van der Waals surface area contributed by atoms with Crippen molar-refractivity contribution in [2.75, 3.05) is 0 Å². The van der Waals surface area contributed by atoms with Crippen LogP contribution in [0.4, 0.5) is 0 Å². The Morgan fingerprint density at radius 2 is 0.625 bits per heavy atom. The summed E-state index contributed by atoms with van der Waals surface area (Å²) in [5.41, 5.74) is 20.1. The average Bonchev–Trinajstić information content (AvgIpc) is 3.98. The Kier molecular flexibility index (Phi) is 6.19. The topological polar surface area (TPSA) is 60.4 Å². The van der Waals surface area contributed by atoms with Crippen molar-refractivity contribution in [2.24, 2.45) is 0 Å². The fraction of sp³-hybridized carbons (Fsp3) is 0.0667. The Morgan fingerprint density at radius 3 is 1.00 bits per heavy atom. The van der Waals surface area contributed by atoms with Crippen LogP contribution in [-0.4, -0.2) is 0 Å². The molecule has 2 heterocycles. The fourth-order valence-corrected chi connectivity index (χ4v) is 12.8. The van der Waals surface area contributed by atoms with Crippen molar-refractivity contribution < 1.29 is 8.83 Å². The van der Waals surface area contributed by atoms with E-state index in [9.17, 15) is 9.59 Å². The summed E-state index contributed by atoms with van der Waals surface area (Å²) >= 11 is 0. The zero-order valence-electron chi connectivity index (χ0n) is 34.8. The molecule has 2 spiro atoms. The van der Waals surface area contributed by atoms with Gasteiger partial charge in [-0.2, -0.15) is 0 Å². The van der Waals surface area contributed by atoms with Crippen molar-refractivity contribution in [2.45, 2.75) is 24.7 Å². The molecule has 0 unspecified atom stereocenters. The van der Waals surface area contributed by atoms with Gasteiger partial charge in [-0.15, -0.1) is 0 Å². The fourth-order valence-electron chi connectivity index (χ4n) is 12.8. The van der Waals surface area contributed by atoms with E-state index in [0.717, 1.165) is 44.2 Å². The van der Waals surface area contributed by atoms with Crippen LogP contribution in [0.1, 0.15) is 55.6 Å². The molecule has 9 aromatic carbocycles. The first-order chi connectivity index (χ1) is 31.3. The summed E-state index contributed by atoms with van der Waals surface area (Å²) in [5.74, 6) is 0. The van der Waals surface area contributed by atoms with Gasteiger partial charge in [0.05, 0.1) is 21.6 Å². The summed E-state index contributed by atoms with van der Waals surface area (Å²) in [7, 11) is 0. The van der Waals surface area contributed by atoms with E-state index in [1.807, 2.05) is 24.3 Å². The summed E-state index contributed by atoms with van der Waals surface area (Å²) < 4.78 is 12.7. The summed E-state index contributed by atoms with van der Waals surface area (Å²) in [6.07, 6.45) is 0. The summed E-state index contributed by atoms with van der Waals surface area (Å²) in [5, 5.41) is 3.72. The maximum absolute atomic E-state index is 14.4. The molecule has 0 bridgehead atoms. The molecule has 11 aromatic rings. The summed E-state index contributed by atoms with van der Waals surface area (Å²) in [4.78, 5) is 28.8. The number of rotatable bonds is 0. The van der Waals surface area contributed by atoms with Crippen LogP contribution >= 0.6 is 0 Å². The molecule has 0 atom stereocenters. The van der Waals surface area contributed by atoms with Gasteiger partial charge in [0.25, 0.3) is 0 Å². The van der Waals surface area contributed by atoms with Crippen molar-refractivity contribution in [3.63, 3.8) is 0 Å². The van der Waals surface area contributed by atoms with Gasteiger partial charge in [-0.05, 0) is 139 Å². The standard InChI is InChI=1S/C60H34O4/c1-31-19-21-37-41-29-55-43(27-53(41)59(51(37)23-31)47-15-7-3-11-33(47)34-12-4-8-16-48(34)59)39-25-46-40(26-45(39)57(61)63-55)44-28-54-42(30-56(44)64-58(46)62)38-22-20-32(2)24-52(38)60(54)49-17-9-5-13-35(49)36-14-6-10-18-50(36)60/h3-30H,1-2H3. The number of hydrogen-bond acceptors (Lipinski definition) is 4. The van der Waals surface area contributed by atoms with Gasteiger partial charge in [-0.3, -0.25) is 0 Å². The van der Waals surface area contributed by atoms with Crippen LogP contribution in [-0.2, 0) is 10.8 Å². The molecule has 0 aliphatic heterocycles. The highest BCUT2D eigenvalue weighted by Crippen LogP contribution is 2.65. The molecule has 0 saturated carbocycles. The molecular weight excluding hydrogens is 785 g/mol. The summed E-state index contributed by atoms with van der Waals surface area (Å²) in [6.45, 7) is 4.29. The van der Waals surface area contributed by atoms with Crippen LogP contribution in [0.5, 0.6) is 0 Å². The Balaban J connectivity index is 1.03. The maximum Gasteiger partial charge on any atom is 0.344 e. The molecule has 298 valence electrons. The highest BCUT2D eigenvalue weighted by atomic mass is 16.4. The van der Waals surface area contributed by atoms with Gasteiger partial charge in [-0.1, -0.05) is 145 Å². The third kappa shape index (κ3) is 3.85. The molecule has 4 nitrogen and oxygen atoms in total. The van der Waals surface area contributed by atoms with E-state index in [-0.39, 0.29) is 0 Å². The van der Waals surface area contributed by atoms with Crippen LogP contribution < -0.4 is 11.3 Å². The molecular formula is C60H34O4. The molecule has 0 amide bonds. The van der Waals surface area contributed by atoms with Gasteiger partial charge in [0, 0.05) is 21.5 Å². The monoisotopic (exact) mass is 818 g/mol. The van der Waals surface area contributed by atoms with E-state index in [1.54, 1.807) is 0 Å². The van der Waals surface area contributed by atoms with Crippen molar-refractivity contribution in [1.29, 1.82) is 0 Å². The molecule has 64 heavy (non-hydrogen) atoms. The molecule has 0 saturated heterocycles. The lowest BCUT2D eigenvalue weighted by Crippen LogP contribution is -2.26. The number of fused-ring (bicyclic) bond motifs is 26. The second kappa shape index (κ2) is 11.5. The minimum Gasteiger partial charge on any atom is -0.422 e. The van der Waals surface area contributed by atoms with Gasteiger partial charge in [0.2, 0.25) is 0 Å². The Hall–Kier alpha value is -8.08. The van der Waals surface area contributed by atoms with Crippen LogP contribution in [0, 0.1) is 13.8 Å². The zero-order chi connectivity index (χ0) is 42.4. The van der Waals surface area contributed by atoms with Crippen LogP contribution in [0.15, 0.2) is 188 Å². The lowest BCUT2D eigenvalue weighted by molar-refractivity contribution is 0.568. The molecule has 0 fully saturated rings. The van der Waals surface area contributed by atoms with E-state index in [4.69, 9.17) is 8.83 Å². The van der Waals surface area contributed by atoms with Gasteiger partial charge >= 0.3 is 11.3 Å². The SMILES string of the molecule is Cc1ccc2c(c1)C1(c3ccccc3-c3ccccc31)c1cc3c(cc1-2)oc(=O)c1cc2c(cc13)c(=O)oc1cc3c(cc12)C1(c2ccccc2-c2ccccc21)c1cc(C)ccc1-3. The largest absolute Gasteiger partial charge is 0.422 e. The Bertz CT molecular complexity index is 3800. The lowest BCUT2D eigenvalue weighted by atomic mass is 9.70. The number of benzene rings is 9. The van der Waals surface area contributed by atoms with E-state index >= 15 is 0 Å². The van der Waals surface area contributed by atoms with Crippen molar-refractivity contribution in [3.8, 4) is 44.5 Å². The third-order valence-corrected chi connectivity index (χ3v) is 15.3. The Morgan fingerprint density at radius 1 is 0.297 bits per heavy atom. The first kappa shape index (κ1) is 34.5. The van der Waals surface area contributed by atoms with E-state index in [1.165, 1.54) is 66.8 Å². The molecule has 4 aliphatic rings. The highest BCUT2D eigenvalue weighted by Gasteiger charge is 2.53. The molecule has 0 radical (unpaired) electrons. The quantitative estimate of drug-likeness (QED) is 0.0869. The van der Waals surface area contributed by atoms with Crippen LogP contribution in [0.2, 0.25) is 0 Å². The lowest BCUT2D eigenvalue weighted by Gasteiger charge is -2.31. The average molecular weight is 819 g/mol. The molecule has 4 heteroatoms. The second-order valence-electron chi connectivity index (χ2n) is 18.3. The summed E-state index contributed by atoms with van der Waals surface area (Å²) in [6, 6.07) is 60.6. The molecule has 2 aromatic heterocycles. The van der Waals surface area contributed by atoms with Gasteiger partial charge < -0.3 is 8.83 Å².